The molecule has 9 aromatic carbocycles. The third-order valence-electron chi connectivity index (χ3n) is 12.6. The monoisotopic (exact) mass is 810 g/mol. The van der Waals surface area contributed by atoms with E-state index in [0.717, 1.165) is 34.1 Å². The molecule has 0 saturated carbocycles. The Labute approximate surface area is 358 Å². The van der Waals surface area contributed by atoms with Gasteiger partial charge in [0.05, 0.1) is 0 Å². The van der Waals surface area contributed by atoms with Gasteiger partial charge < -0.3 is 9.80 Å². The second-order valence-electron chi connectivity index (χ2n) is 17.3. The number of benzene rings is 9. The predicted octanol–water partition coefficient (Wildman–Crippen LogP) is 16.7. The van der Waals surface area contributed by atoms with Crippen LogP contribution in [0.25, 0.3) is 52.8 Å². The first-order valence-corrected chi connectivity index (χ1v) is 24.4. The van der Waals surface area contributed by atoms with Crippen LogP contribution < -0.4 is 9.80 Å². The molecule has 0 fully saturated rings. The topological polar surface area (TPSA) is 6.48 Å². The molecule has 0 aliphatic heterocycles. The maximum absolute atomic E-state index is 2.43. The second kappa shape index (κ2) is 13.9. The van der Waals surface area contributed by atoms with Crippen molar-refractivity contribution >= 4 is 97.2 Å². The Morgan fingerprint density at radius 2 is 0.917 bits per heavy atom. The minimum absolute atomic E-state index is 0.0909. The molecule has 0 spiro atoms. The first-order chi connectivity index (χ1) is 29.1. The van der Waals surface area contributed by atoms with Crippen molar-refractivity contribution in [3.63, 3.8) is 0 Å². The quantitative estimate of drug-likeness (QED) is 0.148. The summed E-state index contributed by atoms with van der Waals surface area (Å²) in [5.41, 5.74) is 12.3. The van der Waals surface area contributed by atoms with E-state index >= 15 is 0 Å². The minimum Gasteiger partial charge on any atom is -0.310 e. The lowest BCUT2D eigenvalue weighted by Crippen LogP contribution is -2.16. The predicted molar refractivity (Wildman–Crippen MR) is 265 cm³/mol. The van der Waals surface area contributed by atoms with Crippen LogP contribution in [0.3, 0.4) is 0 Å². The van der Waals surface area contributed by atoms with E-state index in [0.29, 0.717) is 0 Å². The number of hydrogen-bond donors (Lipinski definition) is 0. The lowest BCUT2D eigenvalue weighted by atomic mass is 9.82. The fraction of sp³-hybridized carbons (Fsp3) is 0.107. The van der Waals surface area contributed by atoms with Crippen molar-refractivity contribution in [1.82, 2.24) is 0 Å². The zero-order valence-electron chi connectivity index (χ0n) is 34.6. The Kier molecular flexibility index (Phi) is 8.49. The second-order valence-corrected chi connectivity index (χ2v) is 22.5. The number of fused-ring (bicyclic) bond motifs is 11. The molecule has 10 aromatic rings. The summed E-state index contributed by atoms with van der Waals surface area (Å²) in [5, 5.41) is 7.75. The summed E-state index contributed by atoms with van der Waals surface area (Å²) < 4.78 is 2.61. The van der Waals surface area contributed by atoms with E-state index in [2.05, 4.69) is 230 Å². The molecule has 0 unspecified atom stereocenters. The van der Waals surface area contributed by atoms with Crippen LogP contribution in [0.2, 0.25) is 0 Å². The van der Waals surface area contributed by atoms with Gasteiger partial charge in [0.25, 0.3) is 0 Å². The van der Waals surface area contributed by atoms with Crippen molar-refractivity contribution in [2.24, 2.45) is 0 Å². The van der Waals surface area contributed by atoms with Gasteiger partial charge >= 0.3 is 0 Å². The average molecular weight is 811 g/mol. The molecule has 0 atom stereocenters. The van der Waals surface area contributed by atoms with E-state index in [4.69, 9.17) is 0 Å². The molecule has 1 aliphatic carbocycles. The van der Waals surface area contributed by atoms with Gasteiger partial charge in [-0.25, -0.2) is 10.0 Å². The third-order valence-corrected chi connectivity index (χ3v) is 15.5. The highest BCUT2D eigenvalue weighted by molar-refractivity contribution is 8.32. The number of para-hydroxylation sites is 2. The third kappa shape index (κ3) is 5.84. The smallest absolute Gasteiger partial charge is 0.0476 e. The van der Waals surface area contributed by atoms with Gasteiger partial charge in [-0.1, -0.05) is 117 Å². The van der Waals surface area contributed by atoms with E-state index in [1.165, 1.54) is 68.9 Å². The molecule has 0 amide bonds. The number of rotatable bonds is 7. The number of anilines is 6. The lowest BCUT2D eigenvalue weighted by molar-refractivity contribution is 0.660. The summed E-state index contributed by atoms with van der Waals surface area (Å²) in [4.78, 5) is 6.24. The van der Waals surface area contributed by atoms with Gasteiger partial charge in [0.15, 0.2) is 0 Å². The summed E-state index contributed by atoms with van der Waals surface area (Å²) in [6, 6.07) is 69.9. The van der Waals surface area contributed by atoms with Gasteiger partial charge in [-0.2, -0.15) is 0 Å². The highest BCUT2D eigenvalue weighted by Crippen LogP contribution is 2.52. The van der Waals surface area contributed by atoms with Crippen LogP contribution in [-0.4, -0.2) is 18.8 Å². The van der Waals surface area contributed by atoms with E-state index in [1.807, 2.05) is 11.3 Å². The Hall–Kier alpha value is -6.33. The van der Waals surface area contributed by atoms with E-state index in [-0.39, 0.29) is 5.41 Å². The maximum Gasteiger partial charge on any atom is 0.0476 e. The molecule has 0 bridgehead atoms. The first kappa shape index (κ1) is 36.7. The summed E-state index contributed by atoms with van der Waals surface area (Å²) in [5.74, 6) is 0. The molecule has 1 aromatic heterocycles. The highest BCUT2D eigenvalue weighted by Gasteiger charge is 2.35. The Balaban J connectivity index is 1.08. The summed E-state index contributed by atoms with van der Waals surface area (Å²) in [6.45, 7) is 4.72. The molecular formula is C56H46N2S2. The molecule has 292 valence electrons. The van der Waals surface area contributed by atoms with Crippen LogP contribution in [0, 0.1) is 0 Å². The molecule has 2 nitrogen and oxygen atoms in total. The average Bonchev–Trinajstić information content (AvgIpc) is 3.77. The molecule has 1 heterocycles. The van der Waals surface area contributed by atoms with Crippen LogP contribution >= 0.6 is 21.4 Å². The van der Waals surface area contributed by atoms with Crippen LogP contribution in [-0.2, 0) is 5.41 Å². The van der Waals surface area contributed by atoms with E-state index in [9.17, 15) is 0 Å². The molecule has 0 radical (unpaired) electrons. The maximum atomic E-state index is 2.43. The largest absolute Gasteiger partial charge is 0.310 e. The van der Waals surface area contributed by atoms with Gasteiger partial charge in [0, 0.05) is 65.1 Å². The summed E-state index contributed by atoms with van der Waals surface area (Å²) in [7, 11) is -0.826. The fourth-order valence-electron chi connectivity index (χ4n) is 9.59. The van der Waals surface area contributed by atoms with Crippen molar-refractivity contribution in [2.45, 2.75) is 24.2 Å². The Bertz CT molecular complexity index is 3270. The van der Waals surface area contributed by atoms with Crippen LogP contribution in [0.15, 0.2) is 193 Å². The van der Waals surface area contributed by atoms with Crippen LogP contribution in [0.1, 0.15) is 25.0 Å². The summed E-state index contributed by atoms with van der Waals surface area (Å²) >= 11 is 1.91. The Morgan fingerprint density at radius 1 is 0.400 bits per heavy atom. The van der Waals surface area contributed by atoms with Gasteiger partial charge in [0.2, 0.25) is 0 Å². The molecule has 1 aliphatic rings. The van der Waals surface area contributed by atoms with Crippen molar-refractivity contribution in [3.8, 4) is 11.1 Å². The van der Waals surface area contributed by atoms with Crippen molar-refractivity contribution in [1.29, 1.82) is 0 Å². The molecule has 11 rings (SSSR count). The zero-order chi connectivity index (χ0) is 40.8. The van der Waals surface area contributed by atoms with Crippen molar-refractivity contribution in [2.75, 3.05) is 28.6 Å². The van der Waals surface area contributed by atoms with Gasteiger partial charge in [-0.3, -0.25) is 0 Å². The Morgan fingerprint density at radius 3 is 1.62 bits per heavy atom. The molecule has 0 saturated heterocycles. The molecule has 60 heavy (non-hydrogen) atoms. The van der Waals surface area contributed by atoms with Gasteiger partial charge in [-0.15, -0.1) is 11.3 Å². The number of nitrogens with zero attached hydrogens (tertiary/aromatic N) is 2. The van der Waals surface area contributed by atoms with Crippen molar-refractivity contribution < 1.29 is 0 Å². The van der Waals surface area contributed by atoms with Crippen molar-refractivity contribution in [3.05, 3.63) is 199 Å². The van der Waals surface area contributed by atoms with Crippen LogP contribution in [0.4, 0.5) is 34.1 Å². The number of hydrogen-bond acceptors (Lipinski definition) is 3. The number of thiophene rings is 1. The molecule has 4 heteroatoms. The summed E-state index contributed by atoms with van der Waals surface area (Å²) in [6.07, 6.45) is 7.07. The SMILES string of the molecule is CC1(C)c2ccccc2-c2ccc(N(c3ccccc3)c3ccc4c(c3)c3ccccc3c3c5ccc(N(c6ccccc6)c6ccc(S(C)(C)C)cc6)cc5sc43)cc21. The lowest BCUT2D eigenvalue weighted by Gasteiger charge is -2.29. The normalized spacial score (nSPS) is 13.5. The fourth-order valence-corrected chi connectivity index (χ4v) is 11.8. The standard InChI is InChI=1S/C56H46N2S2/c1-56(2)51-23-15-14-21-45(51)46-31-26-41(35-52(46)56)58(38-18-10-7-11-19-38)40-27-32-48-50(34-40)44-20-12-13-22-47(44)54-49-33-28-42(36-53(49)59-55(48)54)57(37-16-8-6-9-17-37)39-24-29-43(30-25-39)60(3,4)5/h6-36H,1-5H3. The highest BCUT2D eigenvalue weighted by atomic mass is 32.3. The van der Waals surface area contributed by atoms with Gasteiger partial charge in [0.1, 0.15) is 0 Å². The van der Waals surface area contributed by atoms with E-state index < -0.39 is 10.0 Å². The molecule has 0 N–H and O–H groups in total. The van der Waals surface area contributed by atoms with E-state index in [1.54, 1.807) is 0 Å². The zero-order valence-corrected chi connectivity index (χ0v) is 36.2. The minimum atomic E-state index is -0.826. The molecular weight excluding hydrogens is 765 g/mol. The first-order valence-electron chi connectivity index (χ1n) is 20.7. The van der Waals surface area contributed by atoms with Gasteiger partial charge in [-0.05, 0) is 147 Å². The van der Waals surface area contributed by atoms with Crippen LogP contribution in [0.5, 0.6) is 0 Å².